The Morgan fingerprint density at radius 3 is 2.88 bits per heavy atom. The van der Waals surface area contributed by atoms with Crippen LogP contribution < -0.4 is 10.2 Å². The van der Waals surface area contributed by atoms with Crippen molar-refractivity contribution in [2.24, 2.45) is 0 Å². The fourth-order valence-corrected chi connectivity index (χ4v) is 1.88. The number of carbonyl (C=O) groups is 2. The van der Waals surface area contributed by atoms with E-state index in [0.717, 1.165) is 4.90 Å². The van der Waals surface area contributed by atoms with Crippen LogP contribution in [0.25, 0.3) is 0 Å². The molecule has 1 fully saturated rings. The molecule has 0 spiro atoms. The quantitative estimate of drug-likeness (QED) is 0.824. The van der Waals surface area contributed by atoms with Crippen molar-refractivity contribution >= 4 is 29.1 Å². The van der Waals surface area contributed by atoms with Crippen molar-refractivity contribution < 1.29 is 14.0 Å². The smallest absolute Gasteiger partial charge is 0.249 e. The molecule has 1 unspecified atom stereocenters. The van der Waals surface area contributed by atoms with Gasteiger partial charge in [0.2, 0.25) is 11.8 Å². The summed E-state index contributed by atoms with van der Waals surface area (Å²) in [5.74, 6) is -1.37. The van der Waals surface area contributed by atoms with Gasteiger partial charge in [0.25, 0.3) is 0 Å². The average Bonchev–Trinajstić information content (AvgIpc) is 2.27. The molecule has 1 saturated heterocycles. The van der Waals surface area contributed by atoms with E-state index < -0.39 is 11.9 Å². The number of nitrogens with one attached hydrogen (secondary N) is 1. The van der Waals surface area contributed by atoms with Crippen LogP contribution in [0.1, 0.15) is 6.92 Å². The number of hydrogen-bond donors (Lipinski definition) is 1. The molecule has 1 atom stereocenters. The lowest BCUT2D eigenvalue weighted by atomic mass is 10.2. The number of piperazine rings is 1. The molecule has 0 radical (unpaired) electrons. The van der Waals surface area contributed by atoms with Crippen LogP contribution in [0.5, 0.6) is 0 Å². The summed E-state index contributed by atoms with van der Waals surface area (Å²) in [5.41, 5.74) is 0.0317. The Bertz CT molecular complexity index is 492. The van der Waals surface area contributed by atoms with Crippen LogP contribution in [-0.4, -0.2) is 24.4 Å². The number of rotatable bonds is 1. The number of benzene rings is 1. The molecule has 0 aromatic heterocycles. The first-order valence-electron chi connectivity index (χ1n) is 5.05. The summed E-state index contributed by atoms with van der Waals surface area (Å²) < 4.78 is 13.8. The second-order valence-corrected chi connectivity index (χ2v) is 4.19. The van der Waals surface area contributed by atoms with E-state index in [2.05, 4.69) is 5.32 Å². The van der Waals surface area contributed by atoms with E-state index in [1.165, 1.54) is 18.2 Å². The molecule has 1 aromatic carbocycles. The lowest BCUT2D eigenvalue weighted by molar-refractivity contribution is -0.130. The highest BCUT2D eigenvalue weighted by Gasteiger charge is 2.32. The summed E-state index contributed by atoms with van der Waals surface area (Å²) in [7, 11) is 0. The Morgan fingerprint density at radius 1 is 1.47 bits per heavy atom. The van der Waals surface area contributed by atoms with Crippen LogP contribution in [0.15, 0.2) is 18.2 Å². The highest BCUT2D eigenvalue weighted by atomic mass is 35.5. The average molecular weight is 257 g/mol. The van der Waals surface area contributed by atoms with Gasteiger partial charge < -0.3 is 5.32 Å². The first-order valence-corrected chi connectivity index (χ1v) is 5.43. The Balaban J connectivity index is 2.41. The van der Waals surface area contributed by atoms with Gasteiger partial charge in [-0.2, -0.15) is 0 Å². The fourth-order valence-electron chi connectivity index (χ4n) is 1.71. The number of amides is 2. The molecule has 2 amide bonds. The molecule has 1 aliphatic rings. The predicted octanol–water partition coefficient (Wildman–Crippen LogP) is 1.33. The van der Waals surface area contributed by atoms with Crippen molar-refractivity contribution in [3.05, 3.63) is 29.0 Å². The largest absolute Gasteiger partial charge is 0.343 e. The molecule has 0 saturated carbocycles. The second kappa shape index (κ2) is 4.33. The van der Waals surface area contributed by atoms with E-state index in [9.17, 15) is 14.0 Å². The van der Waals surface area contributed by atoms with E-state index in [-0.39, 0.29) is 29.1 Å². The monoisotopic (exact) mass is 256 g/mol. The SMILES string of the molecule is CC1NC(=O)CN(c2cccc(Cl)c2F)C1=O. The minimum Gasteiger partial charge on any atom is -0.343 e. The molecule has 2 rings (SSSR count). The fraction of sp³-hybridized carbons (Fsp3) is 0.273. The summed E-state index contributed by atoms with van der Waals surface area (Å²) in [4.78, 5) is 24.3. The maximum Gasteiger partial charge on any atom is 0.249 e. The Labute approximate surface area is 102 Å². The summed E-state index contributed by atoms with van der Waals surface area (Å²) in [5, 5.41) is 2.40. The van der Waals surface area contributed by atoms with Crippen LogP contribution >= 0.6 is 11.6 Å². The van der Waals surface area contributed by atoms with Crippen molar-refractivity contribution in [3.63, 3.8) is 0 Å². The lowest BCUT2D eigenvalue weighted by Gasteiger charge is -2.31. The number of anilines is 1. The van der Waals surface area contributed by atoms with Crippen molar-refractivity contribution in [1.29, 1.82) is 0 Å². The zero-order chi connectivity index (χ0) is 12.6. The van der Waals surface area contributed by atoms with Gasteiger partial charge in [0.05, 0.1) is 10.7 Å². The zero-order valence-corrected chi connectivity index (χ0v) is 9.79. The van der Waals surface area contributed by atoms with Crippen molar-refractivity contribution in [2.45, 2.75) is 13.0 Å². The topological polar surface area (TPSA) is 49.4 Å². The van der Waals surface area contributed by atoms with Crippen LogP contribution in [-0.2, 0) is 9.59 Å². The van der Waals surface area contributed by atoms with Crippen molar-refractivity contribution in [1.82, 2.24) is 5.32 Å². The zero-order valence-electron chi connectivity index (χ0n) is 9.04. The first-order chi connectivity index (χ1) is 8.00. The van der Waals surface area contributed by atoms with E-state index >= 15 is 0 Å². The molecular weight excluding hydrogens is 247 g/mol. The summed E-state index contributed by atoms with van der Waals surface area (Å²) >= 11 is 5.64. The molecule has 90 valence electrons. The van der Waals surface area contributed by atoms with E-state index in [1.807, 2.05) is 0 Å². The van der Waals surface area contributed by atoms with Crippen molar-refractivity contribution in [2.75, 3.05) is 11.4 Å². The van der Waals surface area contributed by atoms with Crippen LogP contribution in [0.3, 0.4) is 0 Å². The molecule has 6 heteroatoms. The Kier molecular flexibility index (Phi) is 3.02. The second-order valence-electron chi connectivity index (χ2n) is 3.79. The molecule has 17 heavy (non-hydrogen) atoms. The molecule has 1 aromatic rings. The predicted molar refractivity (Wildman–Crippen MR) is 61.4 cm³/mol. The van der Waals surface area contributed by atoms with Gasteiger partial charge in [-0.25, -0.2) is 4.39 Å². The normalized spacial score (nSPS) is 20.4. The summed E-state index contributed by atoms with van der Waals surface area (Å²) in [6.45, 7) is 1.36. The molecular formula is C11H10ClFN2O2. The number of hydrogen-bond acceptors (Lipinski definition) is 2. The molecule has 0 bridgehead atoms. The van der Waals surface area contributed by atoms with Gasteiger partial charge in [0.15, 0.2) is 5.82 Å². The van der Waals surface area contributed by atoms with E-state index in [4.69, 9.17) is 11.6 Å². The minimum absolute atomic E-state index is 0.0317. The van der Waals surface area contributed by atoms with Crippen LogP contribution in [0.4, 0.5) is 10.1 Å². The summed E-state index contributed by atoms with van der Waals surface area (Å²) in [6, 6.07) is 3.68. The highest BCUT2D eigenvalue weighted by molar-refractivity contribution is 6.31. The standard InChI is InChI=1S/C11H10ClFN2O2/c1-6-11(17)15(5-9(16)14-6)8-4-2-3-7(12)10(8)13/h2-4,6H,5H2,1H3,(H,14,16). The molecule has 1 heterocycles. The number of halogens is 2. The molecule has 1 aliphatic heterocycles. The van der Waals surface area contributed by atoms with Crippen LogP contribution in [0.2, 0.25) is 5.02 Å². The maximum absolute atomic E-state index is 13.8. The summed E-state index contributed by atoms with van der Waals surface area (Å²) in [6.07, 6.45) is 0. The number of nitrogens with zero attached hydrogens (tertiary/aromatic N) is 1. The first kappa shape index (κ1) is 11.9. The molecule has 4 nitrogen and oxygen atoms in total. The number of carbonyl (C=O) groups excluding carboxylic acids is 2. The maximum atomic E-state index is 13.8. The van der Waals surface area contributed by atoms with Gasteiger partial charge in [0, 0.05) is 0 Å². The third kappa shape index (κ3) is 2.10. The molecule has 0 aliphatic carbocycles. The van der Waals surface area contributed by atoms with Crippen LogP contribution in [0, 0.1) is 5.82 Å². The van der Waals surface area contributed by atoms with E-state index in [1.54, 1.807) is 6.92 Å². The third-order valence-corrected chi connectivity index (χ3v) is 2.83. The van der Waals surface area contributed by atoms with Gasteiger partial charge in [0.1, 0.15) is 12.6 Å². The van der Waals surface area contributed by atoms with Gasteiger partial charge in [-0.05, 0) is 19.1 Å². The lowest BCUT2D eigenvalue weighted by Crippen LogP contribution is -2.57. The Morgan fingerprint density at radius 2 is 2.18 bits per heavy atom. The van der Waals surface area contributed by atoms with Gasteiger partial charge >= 0.3 is 0 Å². The minimum atomic E-state index is -0.690. The van der Waals surface area contributed by atoms with Gasteiger partial charge in [-0.1, -0.05) is 17.7 Å². The third-order valence-electron chi connectivity index (χ3n) is 2.54. The van der Waals surface area contributed by atoms with Gasteiger partial charge in [-0.15, -0.1) is 0 Å². The van der Waals surface area contributed by atoms with Crippen molar-refractivity contribution in [3.8, 4) is 0 Å². The highest BCUT2D eigenvalue weighted by Crippen LogP contribution is 2.26. The van der Waals surface area contributed by atoms with E-state index in [0.29, 0.717) is 0 Å². The van der Waals surface area contributed by atoms with Gasteiger partial charge in [-0.3, -0.25) is 14.5 Å². The molecule has 1 N–H and O–H groups in total. The Hall–Kier alpha value is -1.62.